The summed E-state index contributed by atoms with van der Waals surface area (Å²) in [6.07, 6.45) is 1.63. The van der Waals surface area contributed by atoms with Crippen LogP contribution >= 0.6 is 11.6 Å². The SMILES string of the molecule is Cc1c(C(=O)O)c(=O)c(-c2ccc(Cl)cc2)cn1C. The zero-order valence-electron chi connectivity index (χ0n) is 10.5. The molecule has 1 aromatic heterocycles. The predicted octanol–water partition coefficient (Wildman–Crippen LogP) is 2.71. The predicted molar refractivity (Wildman–Crippen MR) is 73.8 cm³/mol. The average Bonchev–Trinajstić information content (AvgIpc) is 2.35. The highest BCUT2D eigenvalue weighted by Gasteiger charge is 2.18. The molecule has 0 aliphatic carbocycles. The zero-order valence-corrected chi connectivity index (χ0v) is 11.2. The Hall–Kier alpha value is -2.07. The van der Waals surface area contributed by atoms with Crippen LogP contribution in [0.15, 0.2) is 35.3 Å². The fraction of sp³-hybridized carbons (Fsp3) is 0.143. The molecule has 0 spiro atoms. The normalized spacial score (nSPS) is 10.5. The van der Waals surface area contributed by atoms with Gasteiger partial charge in [-0.1, -0.05) is 23.7 Å². The van der Waals surface area contributed by atoms with Gasteiger partial charge < -0.3 is 9.67 Å². The molecular formula is C14H12ClNO3. The Balaban J connectivity index is 2.75. The molecule has 4 nitrogen and oxygen atoms in total. The Morgan fingerprint density at radius 3 is 2.37 bits per heavy atom. The van der Waals surface area contributed by atoms with Gasteiger partial charge in [0.15, 0.2) is 0 Å². The van der Waals surface area contributed by atoms with Crippen molar-refractivity contribution in [3.63, 3.8) is 0 Å². The van der Waals surface area contributed by atoms with E-state index >= 15 is 0 Å². The van der Waals surface area contributed by atoms with E-state index in [-0.39, 0.29) is 5.56 Å². The Bertz CT molecular complexity index is 702. The molecule has 0 unspecified atom stereocenters. The topological polar surface area (TPSA) is 59.3 Å². The molecule has 0 radical (unpaired) electrons. The van der Waals surface area contributed by atoms with Gasteiger partial charge in [0.05, 0.1) is 0 Å². The van der Waals surface area contributed by atoms with Crippen LogP contribution in [0.2, 0.25) is 5.02 Å². The van der Waals surface area contributed by atoms with E-state index in [2.05, 4.69) is 0 Å². The molecule has 5 heteroatoms. The average molecular weight is 278 g/mol. The molecule has 0 aliphatic heterocycles. The number of aromatic nitrogens is 1. The van der Waals surface area contributed by atoms with E-state index in [4.69, 9.17) is 16.7 Å². The van der Waals surface area contributed by atoms with Gasteiger partial charge in [-0.3, -0.25) is 4.79 Å². The molecule has 0 atom stereocenters. The van der Waals surface area contributed by atoms with Crippen LogP contribution < -0.4 is 5.43 Å². The first-order valence-electron chi connectivity index (χ1n) is 5.61. The molecule has 1 N–H and O–H groups in total. The van der Waals surface area contributed by atoms with Crippen LogP contribution in [0.1, 0.15) is 16.1 Å². The van der Waals surface area contributed by atoms with E-state index < -0.39 is 11.4 Å². The molecule has 2 rings (SSSR count). The standard InChI is InChI=1S/C14H12ClNO3/c1-8-12(14(18)19)13(17)11(7-16(8)2)9-3-5-10(15)6-4-9/h3-7H,1-2H3,(H,18,19). The van der Waals surface area contributed by atoms with Gasteiger partial charge in [0.1, 0.15) is 5.56 Å². The van der Waals surface area contributed by atoms with Gasteiger partial charge in [-0.15, -0.1) is 0 Å². The fourth-order valence-corrected chi connectivity index (χ4v) is 2.04. The van der Waals surface area contributed by atoms with Gasteiger partial charge in [0, 0.05) is 29.5 Å². The van der Waals surface area contributed by atoms with E-state index in [1.807, 2.05) is 0 Å². The lowest BCUT2D eigenvalue weighted by atomic mass is 10.0. The van der Waals surface area contributed by atoms with Crippen molar-refractivity contribution in [2.24, 2.45) is 7.05 Å². The lowest BCUT2D eigenvalue weighted by Crippen LogP contribution is -2.22. The summed E-state index contributed by atoms with van der Waals surface area (Å²) in [4.78, 5) is 23.4. The Morgan fingerprint density at radius 2 is 1.84 bits per heavy atom. The van der Waals surface area contributed by atoms with Crippen LogP contribution in [0.4, 0.5) is 0 Å². The van der Waals surface area contributed by atoms with Crippen molar-refractivity contribution in [1.82, 2.24) is 4.57 Å². The minimum atomic E-state index is -1.21. The minimum Gasteiger partial charge on any atom is -0.477 e. The van der Waals surface area contributed by atoms with Crippen LogP contribution in [0.25, 0.3) is 11.1 Å². The lowest BCUT2D eigenvalue weighted by molar-refractivity contribution is 0.0693. The number of halogens is 1. The third-order valence-electron chi connectivity index (χ3n) is 3.05. The van der Waals surface area contributed by atoms with Crippen molar-refractivity contribution in [2.75, 3.05) is 0 Å². The number of hydrogen-bond donors (Lipinski definition) is 1. The molecule has 0 saturated carbocycles. The molecular weight excluding hydrogens is 266 g/mol. The van der Waals surface area contributed by atoms with Gasteiger partial charge in [0.25, 0.3) is 0 Å². The Labute approximate surface area is 114 Å². The number of hydrogen-bond acceptors (Lipinski definition) is 2. The summed E-state index contributed by atoms with van der Waals surface area (Å²) in [5.41, 5.74) is 0.741. The van der Waals surface area contributed by atoms with Gasteiger partial charge in [-0.05, 0) is 24.6 Å². The second kappa shape index (κ2) is 4.90. The number of rotatable bonds is 2. The van der Waals surface area contributed by atoms with Gasteiger partial charge in [0.2, 0.25) is 5.43 Å². The van der Waals surface area contributed by atoms with Crippen LogP contribution in [-0.4, -0.2) is 15.6 Å². The number of carboxylic acid groups (broad SMARTS) is 1. The van der Waals surface area contributed by atoms with E-state index in [9.17, 15) is 9.59 Å². The van der Waals surface area contributed by atoms with Crippen molar-refractivity contribution >= 4 is 17.6 Å². The van der Waals surface area contributed by atoms with E-state index in [0.717, 1.165) is 0 Å². The van der Waals surface area contributed by atoms with Crippen molar-refractivity contribution < 1.29 is 9.90 Å². The molecule has 0 aliphatic rings. The number of carbonyl (C=O) groups is 1. The molecule has 98 valence electrons. The van der Waals surface area contributed by atoms with Crippen molar-refractivity contribution in [3.05, 3.63) is 57.0 Å². The first-order chi connectivity index (χ1) is 8.91. The van der Waals surface area contributed by atoms with Crippen LogP contribution in [-0.2, 0) is 7.05 Å². The fourth-order valence-electron chi connectivity index (χ4n) is 1.91. The maximum atomic E-state index is 12.2. The maximum absolute atomic E-state index is 12.2. The lowest BCUT2D eigenvalue weighted by Gasteiger charge is -2.11. The molecule has 2 aromatic rings. The highest BCUT2D eigenvalue weighted by Crippen LogP contribution is 2.20. The van der Waals surface area contributed by atoms with E-state index in [1.54, 1.807) is 49.0 Å². The summed E-state index contributed by atoms with van der Waals surface area (Å²) in [5.74, 6) is -1.21. The molecule has 0 bridgehead atoms. The smallest absolute Gasteiger partial charge is 0.341 e. The molecule has 0 saturated heterocycles. The molecule has 0 amide bonds. The molecule has 1 heterocycles. The Morgan fingerprint density at radius 1 is 1.26 bits per heavy atom. The summed E-state index contributed by atoms with van der Waals surface area (Å²) < 4.78 is 1.63. The molecule has 0 fully saturated rings. The van der Waals surface area contributed by atoms with Gasteiger partial charge in [-0.2, -0.15) is 0 Å². The number of nitrogens with zero attached hydrogens (tertiary/aromatic N) is 1. The number of aromatic carboxylic acids is 1. The molecule has 19 heavy (non-hydrogen) atoms. The number of carboxylic acids is 1. The summed E-state index contributed by atoms with van der Waals surface area (Å²) in [6, 6.07) is 6.72. The number of benzene rings is 1. The number of aryl methyl sites for hydroxylation is 1. The van der Waals surface area contributed by atoms with Crippen LogP contribution in [0, 0.1) is 6.92 Å². The zero-order chi connectivity index (χ0) is 14.2. The second-order valence-electron chi connectivity index (χ2n) is 4.26. The summed E-state index contributed by atoms with van der Waals surface area (Å²) in [7, 11) is 1.71. The van der Waals surface area contributed by atoms with Crippen LogP contribution in [0.3, 0.4) is 0 Å². The third-order valence-corrected chi connectivity index (χ3v) is 3.31. The van der Waals surface area contributed by atoms with E-state index in [1.165, 1.54) is 0 Å². The monoisotopic (exact) mass is 277 g/mol. The summed E-state index contributed by atoms with van der Waals surface area (Å²) in [6.45, 7) is 1.61. The first-order valence-corrected chi connectivity index (χ1v) is 5.99. The maximum Gasteiger partial charge on any atom is 0.341 e. The molecule has 1 aromatic carbocycles. The van der Waals surface area contributed by atoms with Crippen molar-refractivity contribution in [3.8, 4) is 11.1 Å². The summed E-state index contributed by atoms with van der Waals surface area (Å²) >= 11 is 5.80. The Kier molecular flexibility index (Phi) is 3.44. The quantitative estimate of drug-likeness (QED) is 0.918. The number of pyridine rings is 1. The van der Waals surface area contributed by atoms with Crippen molar-refractivity contribution in [2.45, 2.75) is 6.92 Å². The highest BCUT2D eigenvalue weighted by molar-refractivity contribution is 6.30. The summed E-state index contributed by atoms with van der Waals surface area (Å²) in [5, 5.41) is 9.71. The van der Waals surface area contributed by atoms with Crippen molar-refractivity contribution in [1.29, 1.82) is 0 Å². The third kappa shape index (κ3) is 2.39. The second-order valence-corrected chi connectivity index (χ2v) is 4.69. The van der Waals surface area contributed by atoms with Gasteiger partial charge >= 0.3 is 5.97 Å². The van der Waals surface area contributed by atoms with E-state index in [0.29, 0.717) is 21.8 Å². The van der Waals surface area contributed by atoms with Crippen LogP contribution in [0.5, 0.6) is 0 Å². The highest BCUT2D eigenvalue weighted by atomic mass is 35.5. The van der Waals surface area contributed by atoms with Gasteiger partial charge in [-0.25, -0.2) is 4.79 Å². The largest absolute Gasteiger partial charge is 0.477 e. The minimum absolute atomic E-state index is 0.199. The first kappa shape index (κ1) is 13.4.